The summed E-state index contributed by atoms with van der Waals surface area (Å²) in [5.74, 6) is -0.0323. The molecule has 1 aromatic rings. The second kappa shape index (κ2) is 9.21. The molecule has 24 heavy (non-hydrogen) atoms. The Balaban J connectivity index is 1.57. The Morgan fingerprint density at radius 3 is 2.29 bits per heavy atom. The van der Waals surface area contributed by atoms with Crippen LogP contribution in [0.4, 0.5) is 0 Å². The number of H-pyrrole nitrogens is 1. The molecule has 0 aromatic carbocycles. The molecule has 0 saturated heterocycles. The van der Waals surface area contributed by atoms with Gasteiger partial charge in [0.2, 0.25) is 0 Å². The van der Waals surface area contributed by atoms with Crippen molar-refractivity contribution in [2.24, 2.45) is 0 Å². The maximum absolute atomic E-state index is 12.7. The van der Waals surface area contributed by atoms with Crippen LogP contribution in [0.3, 0.4) is 0 Å². The Bertz CT molecular complexity index is 515. The number of aromatic amines is 1. The number of aromatic nitrogens is 2. The molecule has 5 nitrogen and oxygen atoms in total. The van der Waals surface area contributed by atoms with Crippen LogP contribution in [0, 0.1) is 0 Å². The van der Waals surface area contributed by atoms with Crippen LogP contribution in [0.5, 0.6) is 0 Å². The smallest absolute Gasteiger partial charge is 0.272 e. The number of nitrogens with zero attached hydrogens (tertiary/aromatic N) is 1. The first-order valence-electron chi connectivity index (χ1n) is 9.79. The molecule has 1 aliphatic heterocycles. The van der Waals surface area contributed by atoms with Crippen LogP contribution in [0.1, 0.15) is 92.4 Å². The van der Waals surface area contributed by atoms with Gasteiger partial charge in [-0.25, -0.2) is 0 Å². The van der Waals surface area contributed by atoms with Crippen molar-refractivity contribution in [1.82, 2.24) is 15.5 Å². The molecule has 1 aliphatic carbocycles. The van der Waals surface area contributed by atoms with Gasteiger partial charge in [-0.15, -0.1) is 0 Å². The molecule has 0 spiro atoms. The van der Waals surface area contributed by atoms with E-state index in [1.807, 2.05) is 0 Å². The van der Waals surface area contributed by atoms with E-state index in [-0.39, 0.29) is 11.9 Å². The lowest BCUT2D eigenvalue weighted by Gasteiger charge is -2.20. The Morgan fingerprint density at radius 2 is 1.62 bits per heavy atom. The molecular formula is C19H31N3O2. The summed E-state index contributed by atoms with van der Waals surface area (Å²) >= 11 is 0. The van der Waals surface area contributed by atoms with Crippen LogP contribution in [-0.4, -0.2) is 28.8 Å². The molecule has 134 valence electrons. The monoisotopic (exact) mass is 333 g/mol. The molecule has 2 N–H and O–H groups in total. The topological polar surface area (TPSA) is 67.0 Å². The minimum Gasteiger partial charge on any atom is -0.376 e. The molecule has 1 aromatic heterocycles. The first-order valence-corrected chi connectivity index (χ1v) is 9.79. The first kappa shape index (κ1) is 17.5. The molecule has 0 radical (unpaired) electrons. The fourth-order valence-electron chi connectivity index (χ4n) is 3.86. The lowest BCUT2D eigenvalue weighted by atomic mass is 9.97. The number of hydrogen-bond donors (Lipinski definition) is 2. The van der Waals surface area contributed by atoms with Gasteiger partial charge in [-0.2, -0.15) is 5.10 Å². The third-order valence-electron chi connectivity index (χ3n) is 5.35. The van der Waals surface area contributed by atoms with Crippen molar-refractivity contribution in [3.8, 4) is 0 Å². The highest BCUT2D eigenvalue weighted by Gasteiger charge is 2.23. The summed E-state index contributed by atoms with van der Waals surface area (Å²) in [6.07, 6.45) is 14.8. The number of carbonyl (C=O) groups is 1. The molecule has 0 unspecified atom stereocenters. The SMILES string of the molecule is O=C(NC1CCCCCCCCCCC1)c1n[nH]c2c1COCC2. The Kier molecular flexibility index (Phi) is 6.70. The average Bonchev–Trinajstić information content (AvgIpc) is 3.01. The van der Waals surface area contributed by atoms with Crippen LogP contribution >= 0.6 is 0 Å². The number of fused-ring (bicyclic) bond motifs is 1. The largest absolute Gasteiger partial charge is 0.376 e. The minimum absolute atomic E-state index is 0.0323. The van der Waals surface area contributed by atoms with Crippen molar-refractivity contribution >= 4 is 5.91 Å². The van der Waals surface area contributed by atoms with E-state index >= 15 is 0 Å². The normalized spacial score (nSPS) is 21.3. The van der Waals surface area contributed by atoms with Gasteiger partial charge in [-0.05, 0) is 12.8 Å². The predicted octanol–water partition coefficient (Wildman–Crippen LogP) is 3.89. The zero-order chi connectivity index (χ0) is 16.6. The number of rotatable bonds is 2. The molecule has 2 aliphatic rings. The summed E-state index contributed by atoms with van der Waals surface area (Å²) in [5, 5.41) is 10.5. The van der Waals surface area contributed by atoms with E-state index < -0.39 is 0 Å². The standard InChI is InChI=1S/C19H31N3O2/c23-19(18-16-14-24-13-12-17(16)21-22-18)20-15-10-8-6-4-2-1-3-5-7-9-11-15/h15H,1-14H2,(H,20,23)(H,21,22). The Hall–Kier alpha value is -1.36. The number of hydrogen-bond acceptors (Lipinski definition) is 3. The summed E-state index contributed by atoms with van der Waals surface area (Å²) in [4.78, 5) is 12.7. The Morgan fingerprint density at radius 1 is 1.00 bits per heavy atom. The highest BCUT2D eigenvalue weighted by atomic mass is 16.5. The third kappa shape index (κ3) is 4.82. The summed E-state index contributed by atoms with van der Waals surface area (Å²) in [6.45, 7) is 1.21. The lowest BCUT2D eigenvalue weighted by Crippen LogP contribution is -2.35. The van der Waals surface area contributed by atoms with Gasteiger partial charge < -0.3 is 10.1 Å². The van der Waals surface area contributed by atoms with E-state index in [4.69, 9.17) is 4.74 Å². The lowest BCUT2D eigenvalue weighted by molar-refractivity contribution is 0.0905. The molecule has 0 bridgehead atoms. The van der Waals surface area contributed by atoms with Crippen molar-refractivity contribution < 1.29 is 9.53 Å². The highest BCUT2D eigenvalue weighted by molar-refractivity contribution is 5.94. The average molecular weight is 333 g/mol. The Labute approximate surface area is 144 Å². The van der Waals surface area contributed by atoms with E-state index in [0.29, 0.717) is 18.9 Å². The predicted molar refractivity (Wildman–Crippen MR) is 94.0 cm³/mol. The molecular weight excluding hydrogens is 302 g/mol. The summed E-state index contributed by atoms with van der Waals surface area (Å²) < 4.78 is 5.49. The molecule has 2 heterocycles. The molecule has 1 fully saturated rings. The van der Waals surface area contributed by atoms with Gasteiger partial charge in [0.15, 0.2) is 5.69 Å². The summed E-state index contributed by atoms with van der Waals surface area (Å²) in [6, 6.07) is 0.286. The van der Waals surface area contributed by atoms with Gasteiger partial charge in [0.05, 0.1) is 13.2 Å². The number of amides is 1. The number of ether oxygens (including phenoxy) is 1. The van der Waals surface area contributed by atoms with Crippen molar-refractivity contribution in [2.45, 2.75) is 89.7 Å². The maximum atomic E-state index is 12.7. The fraction of sp³-hybridized carbons (Fsp3) is 0.789. The van der Waals surface area contributed by atoms with Gasteiger partial charge in [-0.1, -0.05) is 57.8 Å². The zero-order valence-electron chi connectivity index (χ0n) is 14.7. The zero-order valence-corrected chi connectivity index (χ0v) is 14.7. The van der Waals surface area contributed by atoms with Gasteiger partial charge >= 0.3 is 0 Å². The van der Waals surface area contributed by atoms with Crippen LogP contribution < -0.4 is 5.32 Å². The van der Waals surface area contributed by atoms with Crippen molar-refractivity contribution in [1.29, 1.82) is 0 Å². The van der Waals surface area contributed by atoms with Crippen LogP contribution in [-0.2, 0) is 17.8 Å². The second-order valence-electron chi connectivity index (χ2n) is 7.26. The van der Waals surface area contributed by atoms with E-state index in [0.717, 1.165) is 30.5 Å². The van der Waals surface area contributed by atoms with Crippen molar-refractivity contribution in [3.63, 3.8) is 0 Å². The molecule has 1 amide bonds. The van der Waals surface area contributed by atoms with Crippen LogP contribution in [0.15, 0.2) is 0 Å². The van der Waals surface area contributed by atoms with Crippen molar-refractivity contribution in [2.75, 3.05) is 6.61 Å². The summed E-state index contributed by atoms with van der Waals surface area (Å²) in [7, 11) is 0. The van der Waals surface area contributed by atoms with E-state index in [9.17, 15) is 4.79 Å². The molecule has 3 rings (SSSR count). The van der Waals surface area contributed by atoms with Crippen LogP contribution in [0.2, 0.25) is 0 Å². The van der Waals surface area contributed by atoms with E-state index in [1.165, 1.54) is 57.8 Å². The number of nitrogens with one attached hydrogen (secondary N) is 2. The first-order chi connectivity index (χ1) is 11.8. The fourth-order valence-corrected chi connectivity index (χ4v) is 3.86. The van der Waals surface area contributed by atoms with Gasteiger partial charge in [-0.3, -0.25) is 9.89 Å². The van der Waals surface area contributed by atoms with Gasteiger partial charge in [0.25, 0.3) is 5.91 Å². The van der Waals surface area contributed by atoms with Gasteiger partial charge in [0, 0.05) is 23.7 Å². The molecule has 5 heteroatoms. The number of carbonyl (C=O) groups excluding carboxylic acids is 1. The minimum atomic E-state index is -0.0323. The van der Waals surface area contributed by atoms with E-state index in [1.54, 1.807) is 0 Å². The molecule has 0 atom stereocenters. The van der Waals surface area contributed by atoms with Crippen LogP contribution in [0.25, 0.3) is 0 Å². The maximum Gasteiger partial charge on any atom is 0.272 e. The summed E-state index contributed by atoms with van der Waals surface area (Å²) in [5.41, 5.74) is 2.55. The van der Waals surface area contributed by atoms with E-state index in [2.05, 4.69) is 15.5 Å². The third-order valence-corrected chi connectivity index (χ3v) is 5.35. The highest BCUT2D eigenvalue weighted by Crippen LogP contribution is 2.20. The second-order valence-corrected chi connectivity index (χ2v) is 7.26. The van der Waals surface area contributed by atoms with Crippen molar-refractivity contribution in [3.05, 3.63) is 17.0 Å². The van der Waals surface area contributed by atoms with Gasteiger partial charge in [0.1, 0.15) is 0 Å². The quantitative estimate of drug-likeness (QED) is 0.863. The molecule has 1 saturated carbocycles.